The number of amides is 2. The normalized spacial score (nSPS) is 25.9. The highest BCUT2D eigenvalue weighted by Crippen LogP contribution is 2.31. The fourth-order valence-corrected chi connectivity index (χ4v) is 3.35. The van der Waals surface area contributed by atoms with Gasteiger partial charge in [0.1, 0.15) is 0 Å². The van der Waals surface area contributed by atoms with E-state index in [-0.39, 0.29) is 18.1 Å². The highest BCUT2D eigenvalue weighted by molar-refractivity contribution is 5.75. The summed E-state index contributed by atoms with van der Waals surface area (Å²) in [5, 5.41) is 6.52. The number of rotatable bonds is 2. The smallest absolute Gasteiger partial charge is 0.318 e. The van der Waals surface area contributed by atoms with E-state index in [9.17, 15) is 4.79 Å². The lowest BCUT2D eigenvalue weighted by atomic mass is 10.1. The third-order valence-corrected chi connectivity index (χ3v) is 4.42. The molecule has 1 aromatic rings. The largest absolute Gasteiger partial charge is 0.334 e. The Kier molecular flexibility index (Phi) is 4.39. The van der Waals surface area contributed by atoms with Crippen molar-refractivity contribution in [1.29, 1.82) is 0 Å². The molecule has 2 fully saturated rings. The fraction of sp³-hybridized carbons (Fsp3) is 0.625. The van der Waals surface area contributed by atoms with Gasteiger partial charge in [0.2, 0.25) is 0 Å². The van der Waals surface area contributed by atoms with Crippen LogP contribution in [0, 0.1) is 6.92 Å². The molecule has 2 atom stereocenters. The monoisotopic (exact) mass is 288 g/mol. The molecule has 0 bridgehead atoms. The van der Waals surface area contributed by atoms with Crippen LogP contribution >= 0.6 is 0 Å². The minimum absolute atomic E-state index is 0.0766. The van der Waals surface area contributed by atoms with Crippen molar-refractivity contribution in [3.8, 4) is 0 Å². The second-order valence-corrected chi connectivity index (χ2v) is 6.14. The molecule has 2 amide bonds. The van der Waals surface area contributed by atoms with E-state index in [4.69, 9.17) is 0 Å². The van der Waals surface area contributed by atoms with Gasteiger partial charge in [-0.05, 0) is 50.3 Å². The van der Waals surface area contributed by atoms with Crippen molar-refractivity contribution in [3.63, 3.8) is 0 Å². The average molecular weight is 288 g/mol. The zero-order chi connectivity index (χ0) is 14.7. The molecule has 0 radical (unpaired) electrons. The van der Waals surface area contributed by atoms with E-state index in [2.05, 4.69) is 21.7 Å². The van der Waals surface area contributed by atoms with E-state index < -0.39 is 0 Å². The molecule has 2 aliphatic rings. The van der Waals surface area contributed by atoms with E-state index in [1.54, 1.807) is 0 Å². The Morgan fingerprint density at radius 2 is 2.29 bits per heavy atom. The molecule has 1 unspecified atom stereocenters. The van der Waals surface area contributed by atoms with Crippen LogP contribution in [0.5, 0.6) is 0 Å². The first-order valence-corrected chi connectivity index (χ1v) is 7.93. The van der Waals surface area contributed by atoms with Gasteiger partial charge in [0.25, 0.3) is 0 Å². The first kappa shape index (κ1) is 14.3. The number of carbonyl (C=O) groups excluding carboxylic acids is 1. The van der Waals surface area contributed by atoms with Crippen LogP contribution in [0.15, 0.2) is 18.5 Å². The summed E-state index contributed by atoms with van der Waals surface area (Å²) in [6.07, 6.45) is 8.05. The lowest BCUT2D eigenvalue weighted by Crippen LogP contribution is -2.50. The number of aromatic nitrogens is 1. The van der Waals surface area contributed by atoms with Crippen LogP contribution in [0.4, 0.5) is 4.79 Å². The maximum Gasteiger partial charge on any atom is 0.318 e. The second-order valence-electron chi connectivity index (χ2n) is 6.14. The molecule has 3 heterocycles. The zero-order valence-corrected chi connectivity index (χ0v) is 12.6. The van der Waals surface area contributed by atoms with Crippen molar-refractivity contribution < 1.29 is 4.79 Å². The van der Waals surface area contributed by atoms with Gasteiger partial charge in [-0.25, -0.2) is 4.79 Å². The van der Waals surface area contributed by atoms with Crippen molar-refractivity contribution in [2.75, 3.05) is 19.6 Å². The molecule has 3 rings (SSSR count). The SMILES string of the molecule is Cc1cncc(C2CCCN2C(=O)N[C@H]2CCCNC2)c1. The second kappa shape index (κ2) is 6.43. The molecule has 0 aromatic carbocycles. The molecule has 21 heavy (non-hydrogen) atoms. The first-order valence-electron chi connectivity index (χ1n) is 7.93. The number of likely N-dealkylation sites (tertiary alicyclic amines) is 1. The number of aryl methyl sites for hydroxylation is 1. The van der Waals surface area contributed by atoms with Gasteiger partial charge in [-0.1, -0.05) is 6.07 Å². The maximum atomic E-state index is 12.5. The molecule has 5 heteroatoms. The van der Waals surface area contributed by atoms with Gasteiger partial charge in [-0.3, -0.25) is 4.98 Å². The van der Waals surface area contributed by atoms with E-state index in [1.165, 1.54) is 0 Å². The minimum Gasteiger partial charge on any atom is -0.334 e. The predicted molar refractivity (Wildman–Crippen MR) is 82.1 cm³/mol. The van der Waals surface area contributed by atoms with Crippen LogP contribution in [-0.4, -0.2) is 41.6 Å². The van der Waals surface area contributed by atoms with Gasteiger partial charge in [0, 0.05) is 31.5 Å². The van der Waals surface area contributed by atoms with E-state index in [0.29, 0.717) is 0 Å². The number of hydrogen-bond acceptors (Lipinski definition) is 3. The van der Waals surface area contributed by atoms with Crippen LogP contribution in [0.25, 0.3) is 0 Å². The Bertz CT molecular complexity index is 499. The molecular formula is C16H24N4O. The summed E-state index contributed by atoms with van der Waals surface area (Å²) < 4.78 is 0. The van der Waals surface area contributed by atoms with Crippen molar-refractivity contribution in [3.05, 3.63) is 29.6 Å². The van der Waals surface area contributed by atoms with Crippen LogP contribution in [-0.2, 0) is 0 Å². The average Bonchev–Trinajstić information content (AvgIpc) is 2.98. The van der Waals surface area contributed by atoms with Gasteiger partial charge >= 0.3 is 6.03 Å². The van der Waals surface area contributed by atoms with Crippen molar-refractivity contribution in [2.24, 2.45) is 0 Å². The summed E-state index contributed by atoms with van der Waals surface area (Å²) in [5.41, 5.74) is 2.31. The third kappa shape index (κ3) is 3.35. The summed E-state index contributed by atoms with van der Waals surface area (Å²) in [6, 6.07) is 2.66. The van der Waals surface area contributed by atoms with Gasteiger partial charge in [-0.2, -0.15) is 0 Å². The van der Waals surface area contributed by atoms with Gasteiger partial charge in [-0.15, -0.1) is 0 Å². The molecule has 2 saturated heterocycles. The molecule has 5 nitrogen and oxygen atoms in total. The van der Waals surface area contributed by atoms with Crippen molar-refractivity contribution in [1.82, 2.24) is 20.5 Å². The van der Waals surface area contributed by atoms with Crippen LogP contribution in [0.1, 0.15) is 42.9 Å². The number of nitrogens with one attached hydrogen (secondary N) is 2. The van der Waals surface area contributed by atoms with Crippen molar-refractivity contribution in [2.45, 2.75) is 44.7 Å². The summed E-state index contributed by atoms with van der Waals surface area (Å²) in [5.74, 6) is 0. The number of piperidine rings is 1. The lowest BCUT2D eigenvalue weighted by molar-refractivity contribution is 0.186. The first-order chi connectivity index (χ1) is 10.2. The van der Waals surface area contributed by atoms with Gasteiger partial charge in [0.15, 0.2) is 0 Å². The van der Waals surface area contributed by atoms with E-state index in [0.717, 1.165) is 56.4 Å². The van der Waals surface area contributed by atoms with Crippen molar-refractivity contribution >= 4 is 6.03 Å². The van der Waals surface area contributed by atoms with Crippen LogP contribution in [0.2, 0.25) is 0 Å². The van der Waals surface area contributed by atoms with Crippen LogP contribution in [0.3, 0.4) is 0 Å². The summed E-state index contributed by atoms with van der Waals surface area (Å²) >= 11 is 0. The van der Waals surface area contributed by atoms with Gasteiger partial charge in [0.05, 0.1) is 6.04 Å². The quantitative estimate of drug-likeness (QED) is 0.875. The van der Waals surface area contributed by atoms with E-state index >= 15 is 0 Å². The molecule has 0 aliphatic carbocycles. The molecule has 2 N–H and O–H groups in total. The fourth-order valence-electron chi connectivity index (χ4n) is 3.35. The number of nitrogens with zero attached hydrogens (tertiary/aromatic N) is 2. The Hall–Kier alpha value is -1.62. The number of carbonyl (C=O) groups is 1. The standard InChI is InChI=1S/C16H24N4O/c1-12-8-13(10-18-9-12)15-5-3-7-20(15)16(21)19-14-4-2-6-17-11-14/h8-10,14-15,17H,2-7,11H2,1H3,(H,19,21)/t14-,15?/m0/s1. The number of pyridine rings is 1. The Morgan fingerprint density at radius 1 is 1.38 bits per heavy atom. The third-order valence-electron chi connectivity index (χ3n) is 4.42. The number of hydrogen-bond donors (Lipinski definition) is 2. The lowest BCUT2D eigenvalue weighted by Gasteiger charge is -2.30. The minimum atomic E-state index is 0.0766. The Labute approximate surface area is 126 Å². The molecule has 114 valence electrons. The summed E-state index contributed by atoms with van der Waals surface area (Å²) in [7, 11) is 0. The van der Waals surface area contributed by atoms with E-state index in [1.807, 2.05) is 24.2 Å². The molecule has 0 spiro atoms. The highest BCUT2D eigenvalue weighted by Gasteiger charge is 2.31. The predicted octanol–water partition coefficient (Wildman–Crippen LogP) is 1.99. The molecular weight excluding hydrogens is 264 g/mol. The topological polar surface area (TPSA) is 57.3 Å². The Balaban J connectivity index is 1.67. The Morgan fingerprint density at radius 3 is 3.05 bits per heavy atom. The zero-order valence-electron chi connectivity index (χ0n) is 12.6. The summed E-state index contributed by atoms with van der Waals surface area (Å²) in [6.45, 7) is 4.83. The molecule has 2 aliphatic heterocycles. The highest BCUT2D eigenvalue weighted by atomic mass is 16.2. The van der Waals surface area contributed by atoms with Gasteiger partial charge < -0.3 is 15.5 Å². The number of urea groups is 1. The van der Waals surface area contributed by atoms with Crippen LogP contribution < -0.4 is 10.6 Å². The summed E-state index contributed by atoms with van der Waals surface area (Å²) in [4.78, 5) is 18.8. The molecule has 1 aromatic heterocycles. The molecule has 0 saturated carbocycles. The maximum absolute atomic E-state index is 12.5.